The third-order valence-corrected chi connectivity index (χ3v) is 5.85. The fourth-order valence-electron chi connectivity index (χ4n) is 3.67. The number of fused-ring (bicyclic) bond motifs is 1. The normalized spacial score (nSPS) is 16.9. The first-order chi connectivity index (χ1) is 12.8. The Morgan fingerprint density at radius 3 is 2.58 bits per heavy atom. The summed E-state index contributed by atoms with van der Waals surface area (Å²) in [7, 11) is 3.39. The topological polar surface area (TPSA) is 34.6 Å². The van der Waals surface area contributed by atoms with Gasteiger partial charge in [-0.05, 0) is 58.8 Å². The molecule has 4 rings (SSSR count). The molecule has 0 N–H and O–H groups in total. The summed E-state index contributed by atoms with van der Waals surface area (Å²) in [5, 5.41) is 2.15. The lowest BCUT2D eigenvalue weighted by atomic mass is 9.90. The van der Waals surface area contributed by atoms with Crippen molar-refractivity contribution in [2.45, 2.75) is 19.0 Å². The first-order valence-corrected chi connectivity index (χ1v) is 9.59. The van der Waals surface area contributed by atoms with Gasteiger partial charge in [-0.3, -0.25) is 9.88 Å². The van der Waals surface area contributed by atoms with Gasteiger partial charge in [0.25, 0.3) is 0 Å². The summed E-state index contributed by atoms with van der Waals surface area (Å²) in [6, 6.07) is 13.0. The zero-order chi connectivity index (χ0) is 17.9. The SMILES string of the molecule is COc1cc2c(cc1OC)C(c1cccs1)N(Cc1ccncc1)CC2. The van der Waals surface area contributed by atoms with Crippen molar-refractivity contribution in [2.75, 3.05) is 20.8 Å². The maximum absolute atomic E-state index is 5.57. The van der Waals surface area contributed by atoms with E-state index in [1.807, 2.05) is 12.4 Å². The standard InChI is InChI=1S/C21H22N2O2S/c1-24-18-12-16-7-10-23(14-15-5-8-22-9-6-15)21(20-4-3-11-26-20)17(16)13-19(18)25-2/h3-6,8-9,11-13,21H,7,10,14H2,1-2H3. The van der Waals surface area contributed by atoms with Crippen molar-refractivity contribution in [2.24, 2.45) is 0 Å². The molecule has 0 saturated carbocycles. The van der Waals surface area contributed by atoms with Crippen LogP contribution >= 0.6 is 11.3 Å². The average Bonchev–Trinajstić information content (AvgIpc) is 3.21. The number of benzene rings is 1. The van der Waals surface area contributed by atoms with E-state index >= 15 is 0 Å². The molecule has 1 aromatic carbocycles. The van der Waals surface area contributed by atoms with Crippen LogP contribution in [-0.2, 0) is 13.0 Å². The number of thiophene rings is 1. The van der Waals surface area contributed by atoms with Crippen LogP contribution in [0.15, 0.2) is 54.2 Å². The molecule has 0 bridgehead atoms. The lowest BCUT2D eigenvalue weighted by Crippen LogP contribution is -2.35. The molecule has 0 radical (unpaired) electrons. The Labute approximate surface area is 158 Å². The van der Waals surface area contributed by atoms with E-state index in [0.717, 1.165) is 31.0 Å². The number of pyridine rings is 1. The quantitative estimate of drug-likeness (QED) is 0.674. The average molecular weight is 366 g/mol. The number of aromatic nitrogens is 1. The summed E-state index contributed by atoms with van der Waals surface area (Å²) in [4.78, 5) is 8.03. The summed E-state index contributed by atoms with van der Waals surface area (Å²) in [6.45, 7) is 1.91. The maximum Gasteiger partial charge on any atom is 0.161 e. The molecule has 2 aromatic heterocycles. The lowest BCUT2D eigenvalue weighted by Gasteiger charge is -2.37. The van der Waals surface area contributed by atoms with Gasteiger partial charge < -0.3 is 9.47 Å². The molecule has 0 amide bonds. The summed E-state index contributed by atoms with van der Waals surface area (Å²) >= 11 is 1.80. The van der Waals surface area contributed by atoms with Crippen LogP contribution in [0.4, 0.5) is 0 Å². The zero-order valence-corrected chi connectivity index (χ0v) is 15.8. The van der Waals surface area contributed by atoms with Crippen LogP contribution in [0.5, 0.6) is 11.5 Å². The summed E-state index contributed by atoms with van der Waals surface area (Å²) in [6.07, 6.45) is 4.73. The van der Waals surface area contributed by atoms with E-state index in [1.165, 1.54) is 21.6 Å². The molecule has 1 unspecified atom stereocenters. The molecule has 5 heteroatoms. The van der Waals surface area contributed by atoms with Crippen molar-refractivity contribution >= 4 is 11.3 Å². The van der Waals surface area contributed by atoms with E-state index in [2.05, 4.69) is 51.7 Å². The van der Waals surface area contributed by atoms with E-state index in [4.69, 9.17) is 9.47 Å². The van der Waals surface area contributed by atoms with Gasteiger partial charge in [-0.25, -0.2) is 0 Å². The molecule has 0 fully saturated rings. The predicted octanol–water partition coefficient (Wildman–Crippen LogP) is 4.31. The van der Waals surface area contributed by atoms with Gasteiger partial charge in [0.15, 0.2) is 11.5 Å². The Morgan fingerprint density at radius 2 is 1.88 bits per heavy atom. The van der Waals surface area contributed by atoms with Crippen LogP contribution in [0.25, 0.3) is 0 Å². The maximum atomic E-state index is 5.57. The Morgan fingerprint density at radius 1 is 1.12 bits per heavy atom. The monoisotopic (exact) mass is 366 g/mol. The molecule has 1 atom stereocenters. The van der Waals surface area contributed by atoms with Gasteiger partial charge in [0.1, 0.15) is 0 Å². The van der Waals surface area contributed by atoms with Crippen molar-refractivity contribution < 1.29 is 9.47 Å². The highest BCUT2D eigenvalue weighted by Crippen LogP contribution is 2.42. The first kappa shape index (κ1) is 17.1. The van der Waals surface area contributed by atoms with Gasteiger partial charge in [-0.2, -0.15) is 0 Å². The molecule has 1 aliphatic heterocycles. The van der Waals surface area contributed by atoms with E-state index in [1.54, 1.807) is 25.6 Å². The lowest BCUT2D eigenvalue weighted by molar-refractivity contribution is 0.206. The van der Waals surface area contributed by atoms with Gasteiger partial charge >= 0.3 is 0 Å². The van der Waals surface area contributed by atoms with Gasteiger partial charge in [-0.1, -0.05) is 6.07 Å². The predicted molar refractivity (Wildman–Crippen MR) is 104 cm³/mol. The van der Waals surface area contributed by atoms with Crippen LogP contribution in [0.1, 0.15) is 27.6 Å². The van der Waals surface area contributed by atoms with Gasteiger partial charge in [0.05, 0.1) is 20.3 Å². The Hall–Kier alpha value is -2.37. The van der Waals surface area contributed by atoms with Crippen LogP contribution in [0, 0.1) is 0 Å². The van der Waals surface area contributed by atoms with Crippen LogP contribution in [0.2, 0.25) is 0 Å². The molecule has 0 aliphatic carbocycles. The number of hydrogen-bond donors (Lipinski definition) is 0. The van der Waals surface area contributed by atoms with E-state index in [-0.39, 0.29) is 6.04 Å². The molecule has 3 aromatic rings. The number of ether oxygens (including phenoxy) is 2. The summed E-state index contributed by atoms with van der Waals surface area (Å²) < 4.78 is 11.1. The molecule has 134 valence electrons. The molecule has 26 heavy (non-hydrogen) atoms. The van der Waals surface area contributed by atoms with E-state index in [9.17, 15) is 0 Å². The van der Waals surface area contributed by atoms with Gasteiger partial charge in [0, 0.05) is 30.4 Å². The minimum absolute atomic E-state index is 0.228. The van der Waals surface area contributed by atoms with Crippen LogP contribution in [0.3, 0.4) is 0 Å². The van der Waals surface area contributed by atoms with Gasteiger partial charge in [-0.15, -0.1) is 11.3 Å². The van der Waals surface area contributed by atoms with E-state index < -0.39 is 0 Å². The largest absolute Gasteiger partial charge is 0.493 e. The Bertz CT molecular complexity index is 865. The van der Waals surface area contributed by atoms with Crippen molar-refractivity contribution in [3.63, 3.8) is 0 Å². The molecule has 0 saturated heterocycles. The molecular formula is C21H22N2O2S. The Kier molecular flexibility index (Phi) is 4.91. The highest BCUT2D eigenvalue weighted by molar-refractivity contribution is 7.10. The number of nitrogens with zero attached hydrogens (tertiary/aromatic N) is 2. The van der Waals surface area contributed by atoms with Crippen LogP contribution in [-0.4, -0.2) is 30.6 Å². The second-order valence-corrected chi connectivity index (χ2v) is 7.38. The van der Waals surface area contributed by atoms with Crippen molar-refractivity contribution in [1.29, 1.82) is 0 Å². The van der Waals surface area contributed by atoms with Crippen LogP contribution < -0.4 is 9.47 Å². The summed E-state index contributed by atoms with van der Waals surface area (Å²) in [5.74, 6) is 1.59. The third kappa shape index (κ3) is 3.20. The minimum atomic E-state index is 0.228. The number of hydrogen-bond acceptors (Lipinski definition) is 5. The zero-order valence-electron chi connectivity index (χ0n) is 15.0. The second-order valence-electron chi connectivity index (χ2n) is 6.40. The first-order valence-electron chi connectivity index (χ1n) is 8.71. The van der Waals surface area contributed by atoms with E-state index in [0.29, 0.717) is 0 Å². The Balaban J connectivity index is 1.77. The third-order valence-electron chi connectivity index (χ3n) is 4.92. The molecular weight excluding hydrogens is 344 g/mol. The highest BCUT2D eigenvalue weighted by atomic mass is 32.1. The van der Waals surface area contributed by atoms with Crippen molar-refractivity contribution in [3.05, 3.63) is 75.7 Å². The molecule has 3 heterocycles. The number of rotatable bonds is 5. The second kappa shape index (κ2) is 7.48. The molecule has 4 nitrogen and oxygen atoms in total. The fourth-order valence-corrected chi connectivity index (χ4v) is 4.55. The van der Waals surface area contributed by atoms with Crippen molar-refractivity contribution in [1.82, 2.24) is 9.88 Å². The minimum Gasteiger partial charge on any atom is -0.493 e. The smallest absolute Gasteiger partial charge is 0.161 e. The highest BCUT2D eigenvalue weighted by Gasteiger charge is 2.31. The molecule has 1 aliphatic rings. The number of methoxy groups -OCH3 is 2. The molecule has 0 spiro atoms. The summed E-state index contributed by atoms with van der Waals surface area (Å²) in [5.41, 5.74) is 3.93. The van der Waals surface area contributed by atoms with Gasteiger partial charge in [0.2, 0.25) is 0 Å². The van der Waals surface area contributed by atoms with Crippen molar-refractivity contribution in [3.8, 4) is 11.5 Å². The fraction of sp³-hybridized carbons (Fsp3) is 0.286.